The molecule has 2 aliphatic rings. The molecule has 1 N–H and O–H groups in total. The van der Waals surface area contributed by atoms with E-state index in [-0.39, 0.29) is 30.2 Å². The average molecular weight is 759 g/mol. The first kappa shape index (κ1) is 37.3. The van der Waals surface area contributed by atoms with Gasteiger partial charge >= 0.3 is 12.3 Å². The van der Waals surface area contributed by atoms with Crippen molar-refractivity contribution in [2.24, 2.45) is 0 Å². The summed E-state index contributed by atoms with van der Waals surface area (Å²) in [5, 5.41) is 2.59. The van der Waals surface area contributed by atoms with Crippen molar-refractivity contribution in [3.63, 3.8) is 0 Å². The standard InChI is InChI=1S/C37H32ClF5N4O6/c1-22(23-8-10-25(38)11-9-23)33(35(51)46-17-15-45(16-18-46)28-6-3-2-5-24(28)21-47-14-4-7-32(47)49)44-34(50)31-20-29(48)27-19-26(12-13-30(27)52-31)53-37(42,43)36(39,40)41/h2-3,5-6,8-13,19-20,33H,1,4,7,14-18,21H2,(H,44,50)/t33-/m1/s1. The maximum atomic E-state index is 14.1. The Morgan fingerprint density at radius 1 is 0.925 bits per heavy atom. The Labute approximate surface area is 304 Å². The molecular weight excluding hydrogens is 727 g/mol. The zero-order valence-corrected chi connectivity index (χ0v) is 28.7. The number of para-hydroxylation sites is 1. The molecule has 10 nitrogen and oxygen atoms in total. The smallest absolute Gasteiger partial charge is 0.451 e. The van der Waals surface area contributed by atoms with Crippen LogP contribution in [0.4, 0.5) is 27.6 Å². The quantitative estimate of drug-likeness (QED) is 0.190. The van der Waals surface area contributed by atoms with Gasteiger partial charge in [-0.3, -0.25) is 19.2 Å². The second-order valence-electron chi connectivity index (χ2n) is 12.5. The monoisotopic (exact) mass is 758 g/mol. The molecule has 6 rings (SSSR count). The molecule has 3 heterocycles. The summed E-state index contributed by atoms with van der Waals surface area (Å²) in [6.45, 7) is 6.71. The van der Waals surface area contributed by atoms with E-state index in [4.69, 9.17) is 16.0 Å². The van der Waals surface area contributed by atoms with Gasteiger partial charge in [-0.2, -0.15) is 22.0 Å². The molecule has 0 bridgehead atoms. The molecule has 0 spiro atoms. The van der Waals surface area contributed by atoms with Crippen molar-refractivity contribution in [3.8, 4) is 5.75 Å². The molecule has 53 heavy (non-hydrogen) atoms. The maximum absolute atomic E-state index is 14.1. The molecule has 2 saturated heterocycles. The van der Waals surface area contributed by atoms with Crippen LogP contribution in [0.15, 0.2) is 88.6 Å². The Kier molecular flexibility index (Phi) is 10.5. The van der Waals surface area contributed by atoms with Gasteiger partial charge in [-0.1, -0.05) is 48.5 Å². The first-order chi connectivity index (χ1) is 25.1. The molecule has 16 heteroatoms. The first-order valence-electron chi connectivity index (χ1n) is 16.5. The highest BCUT2D eigenvalue weighted by atomic mass is 35.5. The van der Waals surface area contributed by atoms with E-state index in [2.05, 4.69) is 21.5 Å². The summed E-state index contributed by atoms with van der Waals surface area (Å²) in [4.78, 5) is 58.5. The molecule has 3 aromatic carbocycles. The minimum Gasteiger partial charge on any atom is -0.451 e. The minimum absolute atomic E-state index is 0.114. The predicted octanol–water partition coefficient (Wildman–Crippen LogP) is 6.26. The van der Waals surface area contributed by atoms with Crippen molar-refractivity contribution in [1.29, 1.82) is 0 Å². The van der Waals surface area contributed by atoms with Crippen LogP contribution in [-0.2, 0) is 16.1 Å². The van der Waals surface area contributed by atoms with E-state index < -0.39 is 52.5 Å². The number of nitrogens with one attached hydrogen (secondary N) is 1. The van der Waals surface area contributed by atoms with Gasteiger partial charge in [-0.25, -0.2) is 0 Å². The topological polar surface area (TPSA) is 112 Å². The minimum atomic E-state index is -6.01. The number of carbonyl (C=O) groups is 3. The Morgan fingerprint density at radius 2 is 1.62 bits per heavy atom. The zero-order chi connectivity index (χ0) is 38.1. The molecule has 1 aromatic heterocycles. The van der Waals surface area contributed by atoms with Crippen LogP contribution in [0.2, 0.25) is 5.02 Å². The number of hydrogen-bond acceptors (Lipinski definition) is 7. The average Bonchev–Trinajstić information content (AvgIpc) is 3.53. The van der Waals surface area contributed by atoms with Crippen molar-refractivity contribution in [3.05, 3.63) is 112 Å². The molecule has 0 aliphatic carbocycles. The van der Waals surface area contributed by atoms with E-state index >= 15 is 0 Å². The molecular formula is C37H32ClF5N4O6. The van der Waals surface area contributed by atoms with Gasteiger partial charge < -0.3 is 29.2 Å². The number of fused-ring (bicyclic) bond motifs is 1. The Hall–Kier alpha value is -5.44. The van der Waals surface area contributed by atoms with Crippen molar-refractivity contribution in [2.45, 2.75) is 37.7 Å². The van der Waals surface area contributed by atoms with Crippen LogP contribution in [0.1, 0.15) is 34.5 Å². The van der Waals surface area contributed by atoms with E-state index in [1.54, 1.807) is 29.2 Å². The highest BCUT2D eigenvalue weighted by molar-refractivity contribution is 6.30. The fourth-order valence-electron chi connectivity index (χ4n) is 6.23. The number of halogens is 6. The molecule has 0 radical (unpaired) electrons. The lowest BCUT2D eigenvalue weighted by Crippen LogP contribution is -2.55. The van der Waals surface area contributed by atoms with Crippen LogP contribution in [0.3, 0.4) is 0 Å². The number of benzene rings is 3. The maximum Gasteiger partial charge on any atom is 0.499 e. The third kappa shape index (κ3) is 8.14. The SMILES string of the molecule is C=C(c1ccc(Cl)cc1)[C@@H](NC(=O)c1cc(=O)c2cc(OC(F)(F)C(F)(F)F)ccc2o1)C(=O)N1CCN(c2ccccc2CN2CCCC2=O)CC1. The van der Waals surface area contributed by atoms with Crippen molar-refractivity contribution < 1.29 is 45.5 Å². The normalized spacial score (nSPS) is 15.8. The summed E-state index contributed by atoms with van der Waals surface area (Å²) >= 11 is 6.06. The Balaban J connectivity index is 1.21. The van der Waals surface area contributed by atoms with Gasteiger partial charge in [0, 0.05) is 62.5 Å². The Bertz CT molecular complexity index is 2120. The highest BCUT2D eigenvalue weighted by Crippen LogP contribution is 2.38. The summed E-state index contributed by atoms with van der Waals surface area (Å²) in [5.74, 6) is -2.89. The van der Waals surface area contributed by atoms with Gasteiger partial charge in [-0.15, -0.1) is 0 Å². The lowest BCUT2D eigenvalue weighted by molar-refractivity contribution is -0.360. The van der Waals surface area contributed by atoms with Crippen molar-refractivity contribution >= 4 is 51.6 Å². The third-order valence-electron chi connectivity index (χ3n) is 9.04. The number of piperazine rings is 1. The summed E-state index contributed by atoms with van der Waals surface area (Å²) in [7, 11) is 0. The van der Waals surface area contributed by atoms with E-state index in [9.17, 15) is 41.1 Å². The summed E-state index contributed by atoms with van der Waals surface area (Å²) < 4.78 is 74.1. The number of likely N-dealkylation sites (tertiary alicyclic amines) is 1. The van der Waals surface area contributed by atoms with E-state index in [0.29, 0.717) is 49.3 Å². The van der Waals surface area contributed by atoms with Crippen molar-refractivity contribution in [2.75, 3.05) is 37.6 Å². The number of carbonyl (C=O) groups excluding carboxylic acids is 3. The molecule has 0 unspecified atom stereocenters. The van der Waals surface area contributed by atoms with E-state index in [1.807, 2.05) is 29.2 Å². The number of rotatable bonds is 10. The van der Waals surface area contributed by atoms with Gasteiger partial charge in [0.1, 0.15) is 17.4 Å². The van der Waals surface area contributed by atoms with E-state index in [1.165, 1.54) is 0 Å². The molecule has 1 atom stereocenters. The number of ether oxygens (including phenoxy) is 1. The first-order valence-corrected chi connectivity index (χ1v) is 16.9. The molecule has 4 aromatic rings. The van der Waals surface area contributed by atoms with Crippen LogP contribution in [0, 0.1) is 0 Å². The second-order valence-corrected chi connectivity index (χ2v) is 13.0. The predicted molar refractivity (Wildman–Crippen MR) is 186 cm³/mol. The van der Waals surface area contributed by atoms with E-state index in [0.717, 1.165) is 35.9 Å². The molecule has 2 aliphatic heterocycles. The van der Waals surface area contributed by atoms with Crippen molar-refractivity contribution in [1.82, 2.24) is 15.1 Å². The van der Waals surface area contributed by atoms with Gasteiger partial charge in [0.15, 0.2) is 11.2 Å². The van der Waals surface area contributed by atoms with Gasteiger partial charge in [0.25, 0.3) is 5.91 Å². The highest BCUT2D eigenvalue weighted by Gasteiger charge is 2.61. The molecule has 3 amide bonds. The van der Waals surface area contributed by atoms with Crippen LogP contribution >= 0.6 is 11.6 Å². The van der Waals surface area contributed by atoms with Crippen LogP contribution in [0.5, 0.6) is 5.75 Å². The zero-order valence-electron chi connectivity index (χ0n) is 27.9. The molecule has 278 valence electrons. The lowest BCUT2D eigenvalue weighted by atomic mass is 9.98. The van der Waals surface area contributed by atoms with Gasteiger partial charge in [0.2, 0.25) is 11.8 Å². The number of nitrogens with zero attached hydrogens (tertiary/aromatic N) is 3. The molecule has 2 fully saturated rings. The second kappa shape index (κ2) is 14.9. The Morgan fingerprint density at radius 3 is 2.28 bits per heavy atom. The number of hydrogen-bond donors (Lipinski definition) is 1. The number of anilines is 1. The van der Waals surface area contributed by atoms with Crippen LogP contribution in [0.25, 0.3) is 16.5 Å². The van der Waals surface area contributed by atoms with Crippen LogP contribution < -0.4 is 20.4 Å². The van der Waals surface area contributed by atoms with Gasteiger partial charge in [-0.05, 0) is 59.5 Å². The fraction of sp³-hybridized carbons (Fsp3) is 0.297. The summed E-state index contributed by atoms with van der Waals surface area (Å²) in [5.41, 5.74) is 1.38. The van der Waals surface area contributed by atoms with Crippen LogP contribution in [-0.4, -0.2) is 78.6 Å². The summed E-state index contributed by atoms with van der Waals surface area (Å²) in [6.07, 6.45) is -10.2. The largest absolute Gasteiger partial charge is 0.499 e. The molecule has 0 saturated carbocycles. The fourth-order valence-corrected chi connectivity index (χ4v) is 6.35. The lowest BCUT2D eigenvalue weighted by Gasteiger charge is -2.39. The van der Waals surface area contributed by atoms with Gasteiger partial charge in [0.05, 0.1) is 5.39 Å². The third-order valence-corrected chi connectivity index (χ3v) is 9.29. The summed E-state index contributed by atoms with van der Waals surface area (Å²) in [6, 6.07) is 15.8. The number of amides is 3. The number of alkyl halides is 5.